The fourth-order valence-electron chi connectivity index (χ4n) is 1.99. The van der Waals surface area contributed by atoms with Crippen molar-refractivity contribution in [3.05, 3.63) is 17.7 Å². The van der Waals surface area contributed by atoms with Crippen molar-refractivity contribution in [3.8, 4) is 0 Å². The monoisotopic (exact) mass is 294 g/mol. The molecule has 0 aliphatic rings. The lowest BCUT2D eigenvalue weighted by Gasteiger charge is -2.26. The molecule has 21 heavy (non-hydrogen) atoms. The topological polar surface area (TPSA) is 78.4 Å². The summed E-state index contributed by atoms with van der Waals surface area (Å²) in [5.74, 6) is 0.556. The molecule has 0 saturated carbocycles. The van der Waals surface area contributed by atoms with E-state index in [2.05, 4.69) is 15.3 Å². The number of carbonyl (C=O) groups is 1. The van der Waals surface area contributed by atoms with Crippen LogP contribution in [0.5, 0.6) is 0 Å². The van der Waals surface area contributed by atoms with Gasteiger partial charge in [-0.3, -0.25) is 4.79 Å². The minimum atomic E-state index is -0.948. The summed E-state index contributed by atoms with van der Waals surface area (Å²) in [4.78, 5) is 22.7. The largest absolute Gasteiger partial charge is 0.389 e. The zero-order valence-electron chi connectivity index (χ0n) is 13.8. The molecule has 0 unspecified atom stereocenters. The van der Waals surface area contributed by atoms with Crippen LogP contribution in [0.1, 0.15) is 56.8 Å². The minimum Gasteiger partial charge on any atom is -0.389 e. The van der Waals surface area contributed by atoms with Crippen LogP contribution in [-0.2, 0) is 0 Å². The van der Waals surface area contributed by atoms with E-state index in [-0.39, 0.29) is 18.4 Å². The van der Waals surface area contributed by atoms with Crippen molar-refractivity contribution in [2.24, 2.45) is 0 Å². The van der Waals surface area contributed by atoms with Crippen molar-refractivity contribution in [3.63, 3.8) is 0 Å². The molecule has 0 aliphatic heterocycles. The highest BCUT2D eigenvalue weighted by atomic mass is 16.3. The van der Waals surface area contributed by atoms with Crippen LogP contribution < -0.4 is 5.32 Å². The van der Waals surface area contributed by atoms with Crippen LogP contribution in [0.15, 0.2) is 6.20 Å². The molecule has 0 bridgehead atoms. The van der Waals surface area contributed by atoms with E-state index in [4.69, 9.17) is 0 Å². The molecule has 2 N–H and O–H groups in total. The van der Waals surface area contributed by atoms with Crippen molar-refractivity contribution in [1.82, 2.24) is 14.9 Å². The highest BCUT2D eigenvalue weighted by Gasteiger charge is 2.24. The smallest absolute Gasteiger partial charge is 0.274 e. The molecule has 1 heterocycles. The predicted molar refractivity (Wildman–Crippen MR) is 83.5 cm³/mol. The van der Waals surface area contributed by atoms with Gasteiger partial charge in [-0.1, -0.05) is 13.8 Å². The first kappa shape index (κ1) is 17.4. The normalized spacial score (nSPS) is 11.6. The van der Waals surface area contributed by atoms with Crippen molar-refractivity contribution in [1.29, 1.82) is 0 Å². The highest BCUT2D eigenvalue weighted by molar-refractivity contribution is 5.97. The number of nitrogens with zero attached hydrogens (tertiary/aromatic N) is 3. The lowest BCUT2D eigenvalue weighted by Crippen LogP contribution is -2.40. The lowest BCUT2D eigenvalue weighted by atomic mass is 10.1. The number of rotatable bonds is 6. The summed E-state index contributed by atoms with van der Waals surface area (Å²) in [6.45, 7) is 10.2. The minimum absolute atomic E-state index is 0.145. The van der Waals surface area contributed by atoms with Crippen LogP contribution in [0.3, 0.4) is 0 Å². The average molecular weight is 294 g/mol. The van der Waals surface area contributed by atoms with Crippen molar-refractivity contribution in [2.45, 2.75) is 46.1 Å². The first-order valence-corrected chi connectivity index (χ1v) is 7.24. The zero-order chi connectivity index (χ0) is 16.2. The summed E-state index contributed by atoms with van der Waals surface area (Å²) in [5, 5.41) is 13.0. The number of anilines is 1. The van der Waals surface area contributed by atoms with Crippen LogP contribution in [0.25, 0.3) is 0 Å². The van der Waals surface area contributed by atoms with Gasteiger partial charge in [0.15, 0.2) is 5.69 Å². The molecule has 0 aromatic carbocycles. The maximum atomic E-state index is 12.6. The zero-order valence-corrected chi connectivity index (χ0v) is 13.8. The summed E-state index contributed by atoms with van der Waals surface area (Å²) in [6, 6.07) is 0. The second-order valence-electron chi connectivity index (χ2n) is 6.15. The lowest BCUT2D eigenvalue weighted by molar-refractivity contribution is 0.0365. The van der Waals surface area contributed by atoms with Gasteiger partial charge >= 0.3 is 0 Å². The molecule has 0 fully saturated rings. The van der Waals surface area contributed by atoms with Crippen LogP contribution in [-0.4, -0.2) is 51.6 Å². The van der Waals surface area contributed by atoms with Gasteiger partial charge in [0, 0.05) is 26.1 Å². The Bertz CT molecular complexity index is 495. The van der Waals surface area contributed by atoms with Crippen molar-refractivity contribution < 1.29 is 9.90 Å². The van der Waals surface area contributed by atoms with E-state index in [1.54, 1.807) is 27.1 Å². The Morgan fingerprint density at radius 2 is 2.10 bits per heavy atom. The number of hydrogen-bond donors (Lipinski definition) is 2. The number of likely N-dealkylation sites (N-methyl/N-ethyl adjacent to an activating group) is 1. The number of aromatic nitrogens is 2. The van der Waals surface area contributed by atoms with Gasteiger partial charge < -0.3 is 15.3 Å². The Kier molecular flexibility index (Phi) is 5.66. The maximum absolute atomic E-state index is 12.6. The fraction of sp³-hybridized carbons (Fsp3) is 0.667. The van der Waals surface area contributed by atoms with Gasteiger partial charge in [-0.15, -0.1) is 0 Å². The number of hydrogen-bond acceptors (Lipinski definition) is 5. The Morgan fingerprint density at radius 3 is 2.57 bits per heavy atom. The van der Waals surface area contributed by atoms with Crippen LogP contribution >= 0.6 is 0 Å². The Labute approximate surface area is 126 Å². The average Bonchev–Trinajstić information content (AvgIpc) is 2.36. The van der Waals surface area contributed by atoms with Crippen LogP contribution in [0.2, 0.25) is 0 Å². The third kappa shape index (κ3) is 4.97. The molecule has 6 nitrogen and oxygen atoms in total. The second kappa shape index (κ2) is 6.85. The van der Waals surface area contributed by atoms with Gasteiger partial charge in [0.25, 0.3) is 5.91 Å². The molecule has 0 spiro atoms. The fourth-order valence-corrected chi connectivity index (χ4v) is 1.99. The van der Waals surface area contributed by atoms with E-state index < -0.39 is 5.60 Å². The van der Waals surface area contributed by atoms with Crippen molar-refractivity contribution >= 4 is 11.6 Å². The molecule has 1 rings (SSSR count). The summed E-state index contributed by atoms with van der Waals surface area (Å²) >= 11 is 0. The number of nitrogens with one attached hydrogen (secondary N) is 1. The Morgan fingerprint density at radius 1 is 1.48 bits per heavy atom. The molecule has 0 radical (unpaired) electrons. The number of carbonyl (C=O) groups excluding carboxylic acids is 1. The van der Waals surface area contributed by atoms with Crippen LogP contribution in [0, 0.1) is 0 Å². The summed E-state index contributed by atoms with van der Waals surface area (Å²) in [5.41, 5.74) is 0.0215. The van der Waals surface area contributed by atoms with Crippen molar-refractivity contribution in [2.75, 3.05) is 25.5 Å². The van der Waals surface area contributed by atoms with E-state index in [1.807, 2.05) is 20.8 Å². The van der Waals surface area contributed by atoms with E-state index in [1.165, 1.54) is 4.90 Å². The number of aliphatic hydroxyl groups is 1. The summed E-state index contributed by atoms with van der Waals surface area (Å²) in [6.07, 6.45) is 1.65. The number of amides is 1. The molecule has 1 aromatic rings. The van der Waals surface area contributed by atoms with E-state index in [0.29, 0.717) is 23.8 Å². The third-order valence-corrected chi connectivity index (χ3v) is 2.86. The summed E-state index contributed by atoms with van der Waals surface area (Å²) in [7, 11) is 1.66. The molecule has 118 valence electrons. The van der Waals surface area contributed by atoms with Gasteiger partial charge in [0.2, 0.25) is 0 Å². The molecule has 0 saturated heterocycles. The third-order valence-electron chi connectivity index (χ3n) is 2.86. The molecule has 0 atom stereocenters. The van der Waals surface area contributed by atoms with E-state index >= 15 is 0 Å². The van der Waals surface area contributed by atoms with Gasteiger partial charge in [-0.25, -0.2) is 9.97 Å². The molecule has 0 aliphatic carbocycles. The second-order valence-corrected chi connectivity index (χ2v) is 6.15. The Hall–Kier alpha value is -1.69. The quantitative estimate of drug-likeness (QED) is 0.837. The highest BCUT2D eigenvalue weighted by Crippen LogP contribution is 2.18. The first-order valence-electron chi connectivity index (χ1n) is 7.24. The molecular formula is C15H26N4O2. The maximum Gasteiger partial charge on any atom is 0.274 e. The van der Waals surface area contributed by atoms with Gasteiger partial charge in [0.1, 0.15) is 5.82 Å². The van der Waals surface area contributed by atoms with Crippen LogP contribution in [0.4, 0.5) is 5.69 Å². The van der Waals surface area contributed by atoms with Gasteiger partial charge in [-0.05, 0) is 20.8 Å². The van der Waals surface area contributed by atoms with E-state index in [0.717, 1.165) is 0 Å². The van der Waals surface area contributed by atoms with Gasteiger partial charge in [-0.2, -0.15) is 0 Å². The molecule has 6 heteroatoms. The first-order chi connectivity index (χ1) is 9.65. The standard InChI is InChI=1S/C15H26N4O2/c1-7-16-11-8-17-13(10(2)3)18-12(11)14(20)19(6)9-15(4,5)21/h8,10,16,21H,7,9H2,1-6H3. The van der Waals surface area contributed by atoms with Gasteiger partial charge in [0.05, 0.1) is 17.5 Å². The molecule has 1 aromatic heterocycles. The molecule has 1 amide bonds. The SMILES string of the molecule is CCNc1cnc(C(C)C)nc1C(=O)N(C)CC(C)(C)O. The predicted octanol–water partition coefficient (Wildman–Crippen LogP) is 1.87. The molecular weight excluding hydrogens is 268 g/mol. The summed E-state index contributed by atoms with van der Waals surface area (Å²) < 4.78 is 0. The Balaban J connectivity index is 3.12. The van der Waals surface area contributed by atoms with E-state index in [9.17, 15) is 9.90 Å².